The summed E-state index contributed by atoms with van der Waals surface area (Å²) in [7, 11) is 0. The third-order valence-electron chi connectivity index (χ3n) is 4.46. The van der Waals surface area contributed by atoms with E-state index in [1.54, 1.807) is 23.1 Å². The number of allylic oxidation sites excluding steroid dienone is 1. The standard InChI is InChI=1S/C18H22FNO3/c1-2-10-18(17(22)23)11-3-12-20(13-18)16(21)9-6-14-4-7-15(19)8-5-14/h2,4-5,7-8H,1,3,6,9-13H2,(H,22,23). The molecule has 4 nitrogen and oxygen atoms in total. The Kier molecular flexibility index (Phi) is 5.53. The number of benzene rings is 1. The molecule has 0 spiro atoms. The SMILES string of the molecule is C=CCC1(C(=O)O)CCCN(C(=O)CCc2ccc(F)cc2)C1. The second kappa shape index (κ2) is 7.40. The van der Waals surface area contributed by atoms with Crippen molar-refractivity contribution in [2.45, 2.75) is 32.1 Å². The first-order valence-corrected chi connectivity index (χ1v) is 7.83. The first-order chi connectivity index (χ1) is 11.0. The number of aryl methyl sites for hydroxylation is 1. The Hall–Kier alpha value is -2.17. The molecule has 1 N–H and O–H groups in total. The smallest absolute Gasteiger partial charge is 0.311 e. The van der Waals surface area contributed by atoms with Crippen LogP contribution in [0.3, 0.4) is 0 Å². The number of likely N-dealkylation sites (tertiary alicyclic amines) is 1. The van der Waals surface area contributed by atoms with Crippen LogP contribution in [-0.4, -0.2) is 35.0 Å². The lowest BCUT2D eigenvalue weighted by atomic mass is 9.77. The molecule has 5 heteroatoms. The summed E-state index contributed by atoms with van der Waals surface area (Å²) in [6.45, 7) is 4.46. The fourth-order valence-electron chi connectivity index (χ4n) is 3.11. The van der Waals surface area contributed by atoms with Crippen molar-refractivity contribution in [3.8, 4) is 0 Å². The maximum Gasteiger partial charge on any atom is 0.311 e. The summed E-state index contributed by atoms with van der Waals surface area (Å²) in [5, 5.41) is 9.53. The Labute approximate surface area is 135 Å². The quantitative estimate of drug-likeness (QED) is 0.820. The molecule has 23 heavy (non-hydrogen) atoms. The summed E-state index contributed by atoms with van der Waals surface area (Å²) in [6.07, 6.45) is 4.05. The van der Waals surface area contributed by atoms with Gasteiger partial charge in [-0.3, -0.25) is 9.59 Å². The van der Waals surface area contributed by atoms with Crippen molar-refractivity contribution in [3.05, 3.63) is 48.3 Å². The molecule has 0 saturated carbocycles. The number of carbonyl (C=O) groups is 2. The average molecular weight is 319 g/mol. The fourth-order valence-corrected chi connectivity index (χ4v) is 3.11. The van der Waals surface area contributed by atoms with Gasteiger partial charge in [0.2, 0.25) is 5.91 Å². The summed E-state index contributed by atoms with van der Waals surface area (Å²) in [6, 6.07) is 6.08. The normalized spacial score (nSPS) is 21.0. The first kappa shape index (κ1) is 17.2. The summed E-state index contributed by atoms with van der Waals surface area (Å²) < 4.78 is 12.9. The topological polar surface area (TPSA) is 57.6 Å². The molecule has 1 aliphatic rings. The molecule has 0 aliphatic carbocycles. The minimum absolute atomic E-state index is 0.0521. The summed E-state index contributed by atoms with van der Waals surface area (Å²) >= 11 is 0. The number of carboxylic acids is 1. The molecule has 0 aromatic heterocycles. The van der Waals surface area contributed by atoms with Crippen molar-refractivity contribution in [2.24, 2.45) is 5.41 Å². The minimum Gasteiger partial charge on any atom is -0.481 e. The second-order valence-electron chi connectivity index (χ2n) is 6.12. The van der Waals surface area contributed by atoms with Crippen molar-refractivity contribution in [1.29, 1.82) is 0 Å². The van der Waals surface area contributed by atoms with E-state index in [2.05, 4.69) is 6.58 Å². The number of piperidine rings is 1. The molecule has 2 rings (SSSR count). The highest BCUT2D eigenvalue weighted by Gasteiger charge is 2.42. The van der Waals surface area contributed by atoms with Crippen molar-refractivity contribution in [3.63, 3.8) is 0 Å². The Morgan fingerprint density at radius 3 is 2.65 bits per heavy atom. The Bertz CT molecular complexity index is 584. The van der Waals surface area contributed by atoms with Gasteiger partial charge in [-0.1, -0.05) is 18.2 Å². The molecule has 0 radical (unpaired) electrons. The van der Waals surface area contributed by atoms with E-state index in [9.17, 15) is 19.1 Å². The molecule has 1 aromatic carbocycles. The fraction of sp³-hybridized carbons (Fsp3) is 0.444. The lowest BCUT2D eigenvalue weighted by Crippen LogP contribution is -2.49. The van der Waals surface area contributed by atoms with E-state index in [1.807, 2.05) is 0 Å². The molecule has 1 heterocycles. The minimum atomic E-state index is -0.911. The zero-order chi connectivity index (χ0) is 16.9. The van der Waals surface area contributed by atoms with Gasteiger partial charge in [0.05, 0.1) is 5.41 Å². The molecular formula is C18H22FNO3. The molecule has 0 bridgehead atoms. The number of amides is 1. The largest absolute Gasteiger partial charge is 0.481 e. The molecule has 1 saturated heterocycles. The van der Waals surface area contributed by atoms with Crippen LogP contribution in [0.15, 0.2) is 36.9 Å². The third kappa shape index (κ3) is 4.18. The molecule has 1 fully saturated rings. The van der Waals surface area contributed by atoms with Gasteiger partial charge in [0, 0.05) is 19.5 Å². The number of carbonyl (C=O) groups excluding carboxylic acids is 1. The van der Waals surface area contributed by atoms with Crippen molar-refractivity contribution in [2.75, 3.05) is 13.1 Å². The van der Waals surface area contributed by atoms with Gasteiger partial charge in [0.1, 0.15) is 5.82 Å². The number of nitrogens with zero attached hydrogens (tertiary/aromatic N) is 1. The number of halogens is 1. The van der Waals surface area contributed by atoms with Crippen molar-refractivity contribution < 1.29 is 19.1 Å². The van der Waals surface area contributed by atoms with E-state index in [1.165, 1.54) is 12.1 Å². The molecular weight excluding hydrogens is 297 g/mol. The van der Waals surface area contributed by atoms with E-state index < -0.39 is 11.4 Å². The van der Waals surface area contributed by atoms with Crippen LogP contribution >= 0.6 is 0 Å². The molecule has 1 aromatic rings. The number of rotatable bonds is 6. The van der Waals surface area contributed by atoms with Crippen LogP contribution in [0.25, 0.3) is 0 Å². The van der Waals surface area contributed by atoms with Gasteiger partial charge in [0.25, 0.3) is 0 Å². The molecule has 1 unspecified atom stereocenters. The predicted molar refractivity (Wildman–Crippen MR) is 85.4 cm³/mol. The van der Waals surface area contributed by atoms with Gasteiger partial charge < -0.3 is 10.0 Å². The number of carboxylic acid groups (broad SMARTS) is 1. The first-order valence-electron chi connectivity index (χ1n) is 7.83. The van der Waals surface area contributed by atoms with Crippen molar-refractivity contribution in [1.82, 2.24) is 4.90 Å². The summed E-state index contributed by atoms with van der Waals surface area (Å²) in [5.74, 6) is -1.22. The van der Waals surface area contributed by atoms with E-state index in [0.29, 0.717) is 38.6 Å². The lowest BCUT2D eigenvalue weighted by molar-refractivity contribution is -0.154. The van der Waals surface area contributed by atoms with Gasteiger partial charge in [-0.15, -0.1) is 6.58 Å². The second-order valence-corrected chi connectivity index (χ2v) is 6.12. The Balaban J connectivity index is 1.97. The number of hydrogen-bond donors (Lipinski definition) is 1. The maximum absolute atomic E-state index is 12.9. The molecule has 1 atom stereocenters. The van der Waals surface area contributed by atoms with Gasteiger partial charge in [-0.25, -0.2) is 4.39 Å². The Morgan fingerprint density at radius 2 is 2.04 bits per heavy atom. The number of hydrogen-bond acceptors (Lipinski definition) is 2. The highest BCUT2D eigenvalue weighted by atomic mass is 19.1. The third-order valence-corrected chi connectivity index (χ3v) is 4.46. The number of aliphatic carboxylic acids is 1. The molecule has 1 aliphatic heterocycles. The molecule has 124 valence electrons. The summed E-state index contributed by atoms with van der Waals surface area (Å²) in [4.78, 5) is 25.7. The van der Waals surface area contributed by atoms with Crippen LogP contribution in [0.2, 0.25) is 0 Å². The van der Waals surface area contributed by atoms with Crippen molar-refractivity contribution >= 4 is 11.9 Å². The van der Waals surface area contributed by atoms with E-state index >= 15 is 0 Å². The zero-order valence-electron chi connectivity index (χ0n) is 13.1. The molecule has 1 amide bonds. The van der Waals surface area contributed by atoms with E-state index in [0.717, 1.165) is 5.56 Å². The highest BCUT2D eigenvalue weighted by Crippen LogP contribution is 2.34. The highest BCUT2D eigenvalue weighted by molar-refractivity contribution is 5.80. The van der Waals surface area contributed by atoms with Gasteiger partial charge >= 0.3 is 5.97 Å². The van der Waals surface area contributed by atoms with E-state index in [-0.39, 0.29) is 18.3 Å². The van der Waals surface area contributed by atoms with Gasteiger partial charge in [-0.05, 0) is 43.4 Å². The monoisotopic (exact) mass is 319 g/mol. The van der Waals surface area contributed by atoms with Crippen LogP contribution < -0.4 is 0 Å². The zero-order valence-corrected chi connectivity index (χ0v) is 13.1. The van der Waals surface area contributed by atoms with Crippen LogP contribution in [0.1, 0.15) is 31.2 Å². The van der Waals surface area contributed by atoms with Crippen LogP contribution in [0.5, 0.6) is 0 Å². The predicted octanol–water partition coefficient (Wildman–Crippen LogP) is 3.03. The van der Waals surface area contributed by atoms with Crippen LogP contribution in [0, 0.1) is 11.2 Å². The van der Waals surface area contributed by atoms with E-state index in [4.69, 9.17) is 0 Å². The van der Waals surface area contributed by atoms with Gasteiger partial charge in [0.15, 0.2) is 0 Å². The summed E-state index contributed by atoms with van der Waals surface area (Å²) in [5.41, 5.74) is -0.0155. The van der Waals surface area contributed by atoms with Gasteiger partial charge in [-0.2, -0.15) is 0 Å². The van der Waals surface area contributed by atoms with Crippen LogP contribution in [0.4, 0.5) is 4.39 Å². The average Bonchev–Trinajstić information content (AvgIpc) is 2.54. The maximum atomic E-state index is 12.9. The van der Waals surface area contributed by atoms with Crippen LogP contribution in [-0.2, 0) is 16.0 Å². The lowest BCUT2D eigenvalue weighted by Gasteiger charge is -2.39. The Morgan fingerprint density at radius 1 is 1.35 bits per heavy atom.